The van der Waals surface area contributed by atoms with Crippen LogP contribution in [0, 0.1) is 11.3 Å². The Morgan fingerprint density at radius 2 is 2.09 bits per heavy atom. The van der Waals surface area contributed by atoms with Crippen LogP contribution < -0.4 is 5.73 Å². The van der Waals surface area contributed by atoms with Crippen LogP contribution in [-0.2, 0) is 9.53 Å². The lowest BCUT2D eigenvalue weighted by Crippen LogP contribution is -2.24. The lowest BCUT2D eigenvalue weighted by atomic mass is 9.94. The first-order valence-electron chi connectivity index (χ1n) is 4.12. The zero-order valence-corrected chi connectivity index (χ0v) is 6.51. The lowest BCUT2D eigenvalue weighted by Gasteiger charge is -2.21. The molecule has 1 heterocycles. The Hall–Kier alpha value is -0.570. The number of primary amides is 1. The Kier molecular flexibility index (Phi) is 1.42. The molecule has 1 amide bonds. The first-order chi connectivity index (χ1) is 5.25. The number of carbonyl (C=O) groups is 1. The third kappa shape index (κ3) is 1.03. The summed E-state index contributed by atoms with van der Waals surface area (Å²) in [7, 11) is 0. The molecule has 3 heteroatoms. The van der Waals surface area contributed by atoms with Gasteiger partial charge in [0.05, 0.1) is 0 Å². The Morgan fingerprint density at radius 1 is 1.45 bits per heavy atom. The van der Waals surface area contributed by atoms with Gasteiger partial charge in [-0.3, -0.25) is 4.79 Å². The molecule has 0 aromatic carbocycles. The highest BCUT2D eigenvalue weighted by molar-refractivity contribution is 5.80. The molecule has 11 heavy (non-hydrogen) atoms. The molecule has 2 aliphatic rings. The van der Waals surface area contributed by atoms with Gasteiger partial charge in [0, 0.05) is 19.1 Å². The molecule has 0 bridgehead atoms. The van der Waals surface area contributed by atoms with Crippen LogP contribution in [0.15, 0.2) is 0 Å². The Labute approximate surface area is 65.9 Å². The van der Waals surface area contributed by atoms with Crippen molar-refractivity contribution in [3.8, 4) is 0 Å². The van der Waals surface area contributed by atoms with Gasteiger partial charge >= 0.3 is 0 Å². The monoisotopic (exact) mass is 155 g/mol. The van der Waals surface area contributed by atoms with Gasteiger partial charge in [0.2, 0.25) is 5.91 Å². The van der Waals surface area contributed by atoms with E-state index in [1.54, 1.807) is 0 Å². The maximum Gasteiger partial charge on any atom is 0.221 e. The van der Waals surface area contributed by atoms with E-state index in [-0.39, 0.29) is 17.2 Å². The molecule has 0 unspecified atom stereocenters. The van der Waals surface area contributed by atoms with E-state index >= 15 is 0 Å². The highest BCUT2D eigenvalue weighted by Crippen LogP contribution is 2.58. The van der Waals surface area contributed by atoms with Gasteiger partial charge in [-0.1, -0.05) is 0 Å². The average Bonchev–Trinajstić information content (AvgIpc) is 2.66. The van der Waals surface area contributed by atoms with Gasteiger partial charge < -0.3 is 10.5 Å². The van der Waals surface area contributed by atoms with Crippen molar-refractivity contribution in [3.05, 3.63) is 0 Å². The van der Waals surface area contributed by atoms with Gasteiger partial charge in [0.1, 0.15) is 0 Å². The number of nitrogens with two attached hydrogens (primary N) is 1. The molecular weight excluding hydrogens is 142 g/mol. The van der Waals surface area contributed by atoms with Crippen LogP contribution in [0.3, 0.4) is 0 Å². The van der Waals surface area contributed by atoms with Crippen molar-refractivity contribution < 1.29 is 9.53 Å². The fourth-order valence-electron chi connectivity index (χ4n) is 2.08. The molecule has 2 N–H and O–H groups in total. The molecule has 1 atom stereocenters. The predicted octanol–water partition coefficient (Wildman–Crippen LogP) is 0.288. The standard InChI is InChI=1S/C8H13NO2/c9-7(10)6-5-8(6)1-3-11-4-2-8/h6H,1-5H2,(H2,9,10)/t6-/m0/s1. The number of rotatable bonds is 1. The number of amides is 1. The van der Waals surface area contributed by atoms with E-state index in [0.717, 1.165) is 32.5 Å². The van der Waals surface area contributed by atoms with Gasteiger partial charge in [-0.25, -0.2) is 0 Å². The van der Waals surface area contributed by atoms with Crippen LogP contribution in [0.4, 0.5) is 0 Å². The summed E-state index contributed by atoms with van der Waals surface area (Å²) in [6.45, 7) is 1.62. The number of ether oxygens (including phenoxy) is 1. The first-order valence-corrected chi connectivity index (χ1v) is 4.12. The summed E-state index contributed by atoms with van der Waals surface area (Å²) in [5.74, 6) is 0.0401. The number of hydrogen-bond acceptors (Lipinski definition) is 2. The lowest BCUT2D eigenvalue weighted by molar-refractivity contribution is -0.120. The van der Waals surface area contributed by atoms with Crippen molar-refractivity contribution in [1.82, 2.24) is 0 Å². The molecule has 0 radical (unpaired) electrons. The van der Waals surface area contributed by atoms with E-state index in [1.807, 2.05) is 0 Å². The molecule has 2 rings (SSSR count). The molecular formula is C8H13NO2. The topological polar surface area (TPSA) is 52.3 Å². The minimum Gasteiger partial charge on any atom is -0.381 e. The molecule has 2 fully saturated rings. The van der Waals surface area contributed by atoms with Gasteiger partial charge in [-0.15, -0.1) is 0 Å². The van der Waals surface area contributed by atoms with E-state index in [2.05, 4.69) is 0 Å². The average molecular weight is 155 g/mol. The summed E-state index contributed by atoms with van der Waals surface area (Å²) >= 11 is 0. The fraction of sp³-hybridized carbons (Fsp3) is 0.875. The van der Waals surface area contributed by atoms with Crippen LogP contribution >= 0.6 is 0 Å². The van der Waals surface area contributed by atoms with Crippen molar-refractivity contribution in [3.63, 3.8) is 0 Å². The second-order valence-electron chi connectivity index (χ2n) is 3.63. The molecule has 1 aliphatic heterocycles. The summed E-state index contributed by atoms with van der Waals surface area (Å²) in [6.07, 6.45) is 3.06. The Balaban J connectivity index is 1.99. The highest BCUT2D eigenvalue weighted by atomic mass is 16.5. The maximum absolute atomic E-state index is 10.8. The smallest absolute Gasteiger partial charge is 0.221 e. The van der Waals surface area contributed by atoms with Crippen LogP contribution in [0.5, 0.6) is 0 Å². The summed E-state index contributed by atoms with van der Waals surface area (Å²) < 4.78 is 5.22. The predicted molar refractivity (Wildman–Crippen MR) is 39.8 cm³/mol. The van der Waals surface area contributed by atoms with E-state index in [4.69, 9.17) is 10.5 Å². The second kappa shape index (κ2) is 2.21. The second-order valence-corrected chi connectivity index (χ2v) is 3.63. The molecule has 3 nitrogen and oxygen atoms in total. The third-order valence-corrected chi connectivity index (χ3v) is 3.02. The zero-order chi connectivity index (χ0) is 7.90. The number of carbonyl (C=O) groups excluding carboxylic acids is 1. The van der Waals surface area contributed by atoms with Crippen molar-refractivity contribution in [2.24, 2.45) is 17.1 Å². The van der Waals surface area contributed by atoms with Crippen molar-refractivity contribution in [2.75, 3.05) is 13.2 Å². The van der Waals surface area contributed by atoms with Gasteiger partial charge in [0.15, 0.2) is 0 Å². The van der Waals surface area contributed by atoms with E-state index in [9.17, 15) is 4.79 Å². The first kappa shape index (κ1) is 7.10. The SMILES string of the molecule is NC(=O)[C@@H]1CC12CCOCC2. The van der Waals surface area contributed by atoms with Crippen molar-refractivity contribution >= 4 is 5.91 Å². The highest BCUT2D eigenvalue weighted by Gasteiger charge is 2.57. The maximum atomic E-state index is 10.8. The quantitative estimate of drug-likeness (QED) is 0.591. The summed E-state index contributed by atoms with van der Waals surface area (Å²) in [5, 5.41) is 0. The summed E-state index contributed by atoms with van der Waals surface area (Å²) in [5.41, 5.74) is 5.49. The molecule has 1 saturated heterocycles. The summed E-state index contributed by atoms with van der Waals surface area (Å²) in [4.78, 5) is 10.8. The minimum absolute atomic E-state index is 0.119. The molecule has 0 aromatic rings. The van der Waals surface area contributed by atoms with Crippen LogP contribution in [-0.4, -0.2) is 19.1 Å². The van der Waals surface area contributed by atoms with E-state index in [1.165, 1.54) is 0 Å². The van der Waals surface area contributed by atoms with E-state index < -0.39 is 0 Å². The van der Waals surface area contributed by atoms with Crippen LogP contribution in [0.2, 0.25) is 0 Å². The van der Waals surface area contributed by atoms with E-state index in [0.29, 0.717) is 0 Å². The number of hydrogen-bond donors (Lipinski definition) is 1. The van der Waals surface area contributed by atoms with Gasteiger partial charge in [0.25, 0.3) is 0 Å². The van der Waals surface area contributed by atoms with Crippen LogP contribution in [0.25, 0.3) is 0 Å². The van der Waals surface area contributed by atoms with Gasteiger partial charge in [-0.2, -0.15) is 0 Å². The zero-order valence-electron chi connectivity index (χ0n) is 6.51. The van der Waals surface area contributed by atoms with Gasteiger partial charge in [-0.05, 0) is 24.7 Å². The van der Waals surface area contributed by atoms with Crippen molar-refractivity contribution in [1.29, 1.82) is 0 Å². The van der Waals surface area contributed by atoms with Crippen LogP contribution in [0.1, 0.15) is 19.3 Å². The minimum atomic E-state index is -0.119. The third-order valence-electron chi connectivity index (χ3n) is 3.02. The Morgan fingerprint density at radius 3 is 2.55 bits per heavy atom. The molecule has 1 saturated carbocycles. The molecule has 0 aromatic heterocycles. The molecule has 1 spiro atoms. The normalized spacial score (nSPS) is 33.6. The molecule has 1 aliphatic carbocycles. The molecule has 62 valence electrons. The van der Waals surface area contributed by atoms with Crippen molar-refractivity contribution in [2.45, 2.75) is 19.3 Å². The Bertz CT molecular complexity index is 185. The largest absolute Gasteiger partial charge is 0.381 e. The summed E-state index contributed by atoms with van der Waals surface area (Å²) in [6, 6.07) is 0. The fourth-order valence-corrected chi connectivity index (χ4v) is 2.08.